The number of thioether (sulfide) groups is 1. The predicted octanol–water partition coefficient (Wildman–Crippen LogP) is 2.94. The van der Waals surface area contributed by atoms with Gasteiger partial charge in [-0.1, -0.05) is 6.07 Å². The van der Waals surface area contributed by atoms with Gasteiger partial charge in [0.25, 0.3) is 0 Å². The molecule has 2 aliphatic heterocycles. The lowest BCUT2D eigenvalue weighted by Crippen LogP contribution is -2.50. The second-order valence-corrected chi connectivity index (χ2v) is 8.07. The van der Waals surface area contributed by atoms with Crippen LogP contribution >= 0.6 is 11.8 Å². The van der Waals surface area contributed by atoms with Crippen LogP contribution in [0.5, 0.6) is 0 Å². The van der Waals surface area contributed by atoms with E-state index in [0.29, 0.717) is 17.7 Å². The van der Waals surface area contributed by atoms with E-state index in [1.807, 2.05) is 6.92 Å². The maximum Gasteiger partial charge on any atom is 0.246 e. The Bertz CT molecular complexity index is 699. The maximum absolute atomic E-state index is 13.4. The SMILES string of the molecule is CC(c1ccc(F)c(F)c1)N(C)C(=O)C1CSC2(C)CCC(=O)N12. The number of hydrogen-bond donors (Lipinski definition) is 0. The maximum atomic E-state index is 13.4. The number of carbonyl (C=O) groups excluding carboxylic acids is 2. The van der Waals surface area contributed by atoms with Crippen molar-refractivity contribution in [2.75, 3.05) is 12.8 Å². The number of halogens is 2. The van der Waals surface area contributed by atoms with E-state index in [1.54, 1.807) is 30.6 Å². The van der Waals surface area contributed by atoms with Crippen LogP contribution < -0.4 is 0 Å². The minimum absolute atomic E-state index is 0.00901. The van der Waals surface area contributed by atoms with Gasteiger partial charge in [-0.25, -0.2) is 8.78 Å². The van der Waals surface area contributed by atoms with Crippen LogP contribution in [0, 0.1) is 11.6 Å². The third-order valence-corrected chi connectivity index (χ3v) is 6.59. The Morgan fingerprint density at radius 3 is 2.79 bits per heavy atom. The minimum Gasteiger partial charge on any atom is -0.337 e. The van der Waals surface area contributed by atoms with Crippen LogP contribution in [0.15, 0.2) is 18.2 Å². The summed E-state index contributed by atoms with van der Waals surface area (Å²) in [4.78, 5) is 28.0. The van der Waals surface area contributed by atoms with E-state index in [9.17, 15) is 18.4 Å². The number of fused-ring (bicyclic) bond motifs is 1. The van der Waals surface area contributed by atoms with E-state index >= 15 is 0 Å². The van der Waals surface area contributed by atoms with Gasteiger partial charge in [0.15, 0.2) is 11.6 Å². The lowest BCUT2D eigenvalue weighted by Gasteiger charge is -2.34. The molecule has 0 bridgehead atoms. The molecular weight excluding hydrogens is 334 g/mol. The van der Waals surface area contributed by atoms with Crippen LogP contribution in [0.3, 0.4) is 0 Å². The molecule has 7 heteroatoms. The van der Waals surface area contributed by atoms with Gasteiger partial charge in [0.1, 0.15) is 6.04 Å². The van der Waals surface area contributed by atoms with Crippen LogP contribution in [-0.4, -0.2) is 45.3 Å². The van der Waals surface area contributed by atoms with Crippen molar-refractivity contribution in [1.82, 2.24) is 9.80 Å². The van der Waals surface area contributed by atoms with E-state index in [-0.39, 0.29) is 16.7 Å². The molecule has 0 N–H and O–H groups in total. The lowest BCUT2D eigenvalue weighted by atomic mass is 10.1. The molecule has 2 aliphatic rings. The lowest BCUT2D eigenvalue weighted by molar-refractivity contribution is -0.144. The number of carbonyl (C=O) groups is 2. The number of benzene rings is 1. The number of likely N-dealkylation sites (N-methyl/N-ethyl adjacent to an activating group) is 1. The molecule has 2 saturated heterocycles. The van der Waals surface area contributed by atoms with Gasteiger partial charge in [0.2, 0.25) is 11.8 Å². The van der Waals surface area contributed by atoms with Gasteiger partial charge >= 0.3 is 0 Å². The van der Waals surface area contributed by atoms with Crippen molar-refractivity contribution in [1.29, 1.82) is 0 Å². The van der Waals surface area contributed by atoms with Crippen molar-refractivity contribution in [2.45, 2.75) is 43.6 Å². The predicted molar refractivity (Wildman–Crippen MR) is 88.3 cm³/mol. The molecule has 2 fully saturated rings. The fraction of sp³-hybridized carbons (Fsp3) is 0.529. The summed E-state index contributed by atoms with van der Waals surface area (Å²) in [5, 5.41) is 0. The highest BCUT2D eigenvalue weighted by molar-refractivity contribution is 8.01. The van der Waals surface area contributed by atoms with Crippen molar-refractivity contribution < 1.29 is 18.4 Å². The van der Waals surface area contributed by atoms with Crippen LogP contribution in [0.4, 0.5) is 8.78 Å². The normalized spacial score (nSPS) is 27.3. The first-order valence-corrected chi connectivity index (χ1v) is 8.91. The molecule has 2 heterocycles. The first-order chi connectivity index (χ1) is 11.2. The van der Waals surface area contributed by atoms with E-state index < -0.39 is 23.7 Å². The van der Waals surface area contributed by atoms with Crippen LogP contribution in [-0.2, 0) is 9.59 Å². The molecule has 2 amide bonds. The fourth-order valence-electron chi connectivity index (χ4n) is 3.43. The van der Waals surface area contributed by atoms with Gasteiger partial charge in [-0.2, -0.15) is 0 Å². The van der Waals surface area contributed by atoms with Gasteiger partial charge < -0.3 is 9.80 Å². The molecule has 4 nitrogen and oxygen atoms in total. The van der Waals surface area contributed by atoms with E-state index in [2.05, 4.69) is 0 Å². The van der Waals surface area contributed by atoms with Gasteiger partial charge in [-0.3, -0.25) is 9.59 Å². The topological polar surface area (TPSA) is 40.6 Å². The summed E-state index contributed by atoms with van der Waals surface area (Å²) in [6, 6.07) is 2.74. The summed E-state index contributed by atoms with van der Waals surface area (Å²) in [6.45, 7) is 3.76. The zero-order valence-corrected chi connectivity index (χ0v) is 14.7. The third-order valence-electron chi connectivity index (χ3n) is 5.08. The second-order valence-electron chi connectivity index (χ2n) is 6.56. The smallest absolute Gasteiger partial charge is 0.246 e. The highest BCUT2D eigenvalue weighted by Gasteiger charge is 2.53. The molecule has 1 aromatic rings. The summed E-state index contributed by atoms with van der Waals surface area (Å²) < 4.78 is 26.5. The monoisotopic (exact) mass is 354 g/mol. The van der Waals surface area contributed by atoms with Crippen LogP contribution in [0.2, 0.25) is 0 Å². The van der Waals surface area contributed by atoms with Gasteiger partial charge in [-0.05, 0) is 38.0 Å². The molecular formula is C17H20F2N2O2S. The quantitative estimate of drug-likeness (QED) is 0.838. The van der Waals surface area contributed by atoms with Crippen molar-refractivity contribution >= 4 is 23.6 Å². The van der Waals surface area contributed by atoms with Gasteiger partial charge in [0.05, 0.1) is 10.9 Å². The molecule has 0 radical (unpaired) electrons. The largest absolute Gasteiger partial charge is 0.337 e. The average molecular weight is 354 g/mol. The Morgan fingerprint density at radius 2 is 2.12 bits per heavy atom. The number of hydrogen-bond acceptors (Lipinski definition) is 3. The number of rotatable bonds is 3. The summed E-state index contributed by atoms with van der Waals surface area (Å²) in [6.07, 6.45) is 1.22. The van der Waals surface area contributed by atoms with Gasteiger partial charge in [-0.15, -0.1) is 11.8 Å². The van der Waals surface area contributed by atoms with E-state index in [4.69, 9.17) is 0 Å². The average Bonchev–Trinajstić information content (AvgIpc) is 3.04. The molecule has 130 valence electrons. The standard InChI is InChI=1S/C17H20F2N2O2S/c1-10(11-4-5-12(18)13(19)8-11)20(3)16(23)14-9-24-17(2)7-6-15(22)21(14)17/h4-5,8,10,14H,6-7,9H2,1-3H3. The van der Waals surface area contributed by atoms with E-state index in [1.165, 1.54) is 11.0 Å². The first kappa shape index (κ1) is 17.2. The van der Waals surface area contributed by atoms with Crippen molar-refractivity contribution in [3.63, 3.8) is 0 Å². The highest BCUT2D eigenvalue weighted by Crippen LogP contribution is 2.47. The zero-order valence-electron chi connectivity index (χ0n) is 13.9. The molecule has 0 spiro atoms. The number of nitrogens with zero attached hydrogens (tertiary/aromatic N) is 2. The second kappa shape index (κ2) is 6.02. The Kier molecular flexibility index (Phi) is 4.32. The third kappa shape index (κ3) is 2.68. The first-order valence-electron chi connectivity index (χ1n) is 7.92. The van der Waals surface area contributed by atoms with Crippen molar-refractivity contribution in [3.8, 4) is 0 Å². The molecule has 3 rings (SSSR count). The molecule has 0 saturated carbocycles. The fourth-order valence-corrected chi connectivity index (χ4v) is 4.85. The minimum atomic E-state index is -0.932. The molecule has 1 aromatic carbocycles. The summed E-state index contributed by atoms with van der Waals surface area (Å²) in [5.41, 5.74) is 0.519. The summed E-state index contributed by atoms with van der Waals surface area (Å²) in [7, 11) is 1.63. The van der Waals surface area contributed by atoms with Crippen LogP contribution in [0.1, 0.15) is 38.3 Å². The van der Waals surface area contributed by atoms with Gasteiger partial charge in [0, 0.05) is 19.2 Å². The Morgan fingerprint density at radius 1 is 1.42 bits per heavy atom. The Hall–Kier alpha value is -1.63. The van der Waals surface area contributed by atoms with E-state index in [0.717, 1.165) is 18.6 Å². The summed E-state index contributed by atoms with van der Waals surface area (Å²) >= 11 is 1.63. The zero-order chi connectivity index (χ0) is 17.6. The molecule has 3 unspecified atom stereocenters. The molecule has 0 aliphatic carbocycles. The molecule has 24 heavy (non-hydrogen) atoms. The molecule has 3 atom stereocenters. The van der Waals surface area contributed by atoms with Crippen LogP contribution in [0.25, 0.3) is 0 Å². The summed E-state index contributed by atoms with van der Waals surface area (Å²) in [5.74, 6) is -1.44. The highest BCUT2D eigenvalue weighted by atomic mass is 32.2. The van der Waals surface area contributed by atoms with Crippen molar-refractivity contribution in [3.05, 3.63) is 35.4 Å². The Labute approximate surface area is 144 Å². The van der Waals surface area contributed by atoms with Crippen molar-refractivity contribution in [2.24, 2.45) is 0 Å². The Balaban J connectivity index is 1.79. The molecule has 0 aromatic heterocycles. The number of amides is 2.